The highest BCUT2D eigenvalue weighted by atomic mass is 32.1. The minimum Gasteiger partial charge on any atom is -0.228 e. The second kappa shape index (κ2) is 10.2. The number of thiophene rings is 2. The summed E-state index contributed by atoms with van der Waals surface area (Å²) in [5.41, 5.74) is 7.47. The van der Waals surface area contributed by atoms with Gasteiger partial charge in [0.1, 0.15) is 0 Å². The van der Waals surface area contributed by atoms with Gasteiger partial charge in [0.05, 0.1) is 11.4 Å². The Morgan fingerprint density at radius 2 is 0.886 bits per heavy atom. The molecule has 206 valence electrons. The average Bonchev–Trinajstić information content (AvgIpc) is 3.67. The van der Waals surface area contributed by atoms with Crippen molar-refractivity contribution in [2.45, 2.75) is 0 Å². The summed E-state index contributed by atoms with van der Waals surface area (Å²) < 4.78 is 5.14. The molecule has 0 unspecified atom stereocenters. The number of aromatic nitrogens is 2. The zero-order valence-electron chi connectivity index (χ0n) is 23.6. The van der Waals surface area contributed by atoms with E-state index in [2.05, 4.69) is 133 Å². The van der Waals surface area contributed by atoms with Crippen LogP contribution in [-0.4, -0.2) is 9.97 Å². The summed E-state index contributed by atoms with van der Waals surface area (Å²) in [5.74, 6) is 0.730. The molecule has 0 saturated carbocycles. The van der Waals surface area contributed by atoms with Crippen LogP contribution < -0.4 is 0 Å². The second-order valence-electron chi connectivity index (χ2n) is 11.0. The van der Waals surface area contributed by atoms with Gasteiger partial charge in [0.15, 0.2) is 5.82 Å². The molecule has 0 amide bonds. The van der Waals surface area contributed by atoms with Gasteiger partial charge in [-0.05, 0) is 47.5 Å². The van der Waals surface area contributed by atoms with Crippen LogP contribution in [0.4, 0.5) is 0 Å². The molecule has 0 spiro atoms. The highest BCUT2D eigenvalue weighted by Crippen LogP contribution is 2.47. The molecule has 9 aromatic rings. The van der Waals surface area contributed by atoms with E-state index in [-0.39, 0.29) is 0 Å². The normalized spacial score (nSPS) is 11.6. The van der Waals surface area contributed by atoms with Crippen molar-refractivity contribution < 1.29 is 0 Å². The lowest BCUT2D eigenvalue weighted by Crippen LogP contribution is -1.96. The molecule has 0 fully saturated rings. The van der Waals surface area contributed by atoms with Gasteiger partial charge >= 0.3 is 0 Å². The Kier molecular flexibility index (Phi) is 5.90. The highest BCUT2D eigenvalue weighted by molar-refractivity contribution is 7.26. The molecule has 0 N–H and O–H groups in total. The molecule has 3 aromatic heterocycles. The van der Waals surface area contributed by atoms with Gasteiger partial charge in [0.2, 0.25) is 0 Å². The van der Waals surface area contributed by atoms with Crippen molar-refractivity contribution in [3.8, 4) is 45.0 Å². The topological polar surface area (TPSA) is 25.8 Å². The molecule has 6 aromatic carbocycles. The Bertz CT molecular complexity index is 2430. The average molecular weight is 597 g/mol. The molecule has 0 aliphatic heterocycles. The molecule has 0 aliphatic carbocycles. The molecule has 0 aliphatic rings. The van der Waals surface area contributed by atoms with E-state index in [4.69, 9.17) is 9.97 Å². The van der Waals surface area contributed by atoms with E-state index in [0.717, 1.165) is 33.9 Å². The molecule has 4 heteroatoms. The van der Waals surface area contributed by atoms with E-state index in [1.165, 1.54) is 51.5 Å². The van der Waals surface area contributed by atoms with Gasteiger partial charge in [-0.25, -0.2) is 9.97 Å². The fourth-order valence-corrected chi connectivity index (χ4v) is 8.59. The zero-order chi connectivity index (χ0) is 29.0. The van der Waals surface area contributed by atoms with Crippen LogP contribution in [0.5, 0.6) is 0 Å². The third-order valence-electron chi connectivity index (χ3n) is 8.29. The summed E-state index contributed by atoms with van der Waals surface area (Å²) in [6.45, 7) is 0. The van der Waals surface area contributed by atoms with Gasteiger partial charge in [-0.15, -0.1) is 22.7 Å². The zero-order valence-corrected chi connectivity index (χ0v) is 25.2. The lowest BCUT2D eigenvalue weighted by molar-refractivity contribution is 1.18. The monoisotopic (exact) mass is 596 g/mol. The molecule has 2 nitrogen and oxygen atoms in total. The van der Waals surface area contributed by atoms with Crippen molar-refractivity contribution in [1.82, 2.24) is 9.97 Å². The number of nitrogens with zero attached hydrogens (tertiary/aromatic N) is 2. The van der Waals surface area contributed by atoms with Crippen LogP contribution in [0.1, 0.15) is 0 Å². The summed E-state index contributed by atoms with van der Waals surface area (Å²) in [4.78, 5) is 10.4. The molecular formula is C40H24N2S2. The number of hydrogen-bond donors (Lipinski definition) is 0. The summed E-state index contributed by atoms with van der Waals surface area (Å²) >= 11 is 3.70. The Balaban J connectivity index is 1.37. The first-order valence-electron chi connectivity index (χ1n) is 14.7. The Hall–Kier alpha value is -5.16. The van der Waals surface area contributed by atoms with Crippen molar-refractivity contribution in [2.24, 2.45) is 0 Å². The number of rotatable bonds is 4. The molecule has 0 atom stereocenters. The van der Waals surface area contributed by atoms with Crippen molar-refractivity contribution in [2.75, 3.05) is 0 Å². The third-order valence-corrected chi connectivity index (χ3v) is 10.5. The van der Waals surface area contributed by atoms with E-state index in [0.29, 0.717) is 0 Å². The van der Waals surface area contributed by atoms with E-state index in [9.17, 15) is 0 Å². The Morgan fingerprint density at radius 3 is 1.52 bits per heavy atom. The van der Waals surface area contributed by atoms with Gasteiger partial charge in [0, 0.05) is 57.0 Å². The maximum atomic E-state index is 5.19. The minimum absolute atomic E-state index is 0.730. The molecule has 0 saturated heterocycles. The Labute approximate surface area is 262 Å². The maximum absolute atomic E-state index is 5.19. The lowest BCUT2D eigenvalue weighted by Gasteiger charge is -2.13. The third kappa shape index (κ3) is 4.15. The standard InChI is InChI=1S/C40H24N2S2/c1-3-12-25(13-4-1)32-24-33(26-14-5-2-6-15-26)42-40(41-32)27-22-31(39-30-17-8-10-20-35(30)44-37(39)23-27)28-18-11-21-36-38(28)29-16-7-9-19-34(29)43-36/h1-24H. The first kappa shape index (κ1) is 25.3. The molecule has 0 bridgehead atoms. The maximum Gasteiger partial charge on any atom is 0.160 e. The van der Waals surface area contributed by atoms with Crippen molar-refractivity contribution >= 4 is 63.0 Å². The van der Waals surface area contributed by atoms with E-state index < -0.39 is 0 Å². The molecule has 9 rings (SSSR count). The van der Waals surface area contributed by atoms with Crippen LogP contribution in [0, 0.1) is 0 Å². The minimum atomic E-state index is 0.730. The van der Waals surface area contributed by atoms with E-state index in [1.807, 2.05) is 34.8 Å². The predicted octanol–water partition coefficient (Wildman–Crippen LogP) is 11.9. The first-order valence-corrected chi connectivity index (χ1v) is 16.3. The van der Waals surface area contributed by atoms with Gasteiger partial charge in [-0.3, -0.25) is 0 Å². The van der Waals surface area contributed by atoms with Crippen LogP contribution in [0.25, 0.3) is 85.4 Å². The van der Waals surface area contributed by atoms with Gasteiger partial charge < -0.3 is 0 Å². The van der Waals surface area contributed by atoms with Gasteiger partial charge in [-0.2, -0.15) is 0 Å². The fraction of sp³-hybridized carbons (Fsp3) is 0. The summed E-state index contributed by atoms with van der Waals surface area (Å²) in [6.07, 6.45) is 0. The second-order valence-corrected chi connectivity index (χ2v) is 13.1. The molecular weight excluding hydrogens is 573 g/mol. The summed E-state index contributed by atoms with van der Waals surface area (Å²) in [7, 11) is 0. The SMILES string of the molecule is c1ccc(-c2cc(-c3ccccc3)nc(-c3cc(-c4cccc5sc6ccccc6c45)c4c(c3)sc3ccccc34)n2)cc1. The van der Waals surface area contributed by atoms with Gasteiger partial charge in [0.25, 0.3) is 0 Å². The van der Waals surface area contributed by atoms with Crippen molar-refractivity contribution in [3.63, 3.8) is 0 Å². The molecule has 44 heavy (non-hydrogen) atoms. The number of fused-ring (bicyclic) bond motifs is 6. The van der Waals surface area contributed by atoms with Crippen molar-refractivity contribution in [3.05, 3.63) is 146 Å². The quantitative estimate of drug-likeness (QED) is 0.202. The molecule has 0 radical (unpaired) electrons. The van der Waals surface area contributed by atoms with Crippen LogP contribution in [0.15, 0.2) is 146 Å². The van der Waals surface area contributed by atoms with Crippen LogP contribution in [0.2, 0.25) is 0 Å². The largest absolute Gasteiger partial charge is 0.228 e. The number of benzene rings is 6. The first-order chi connectivity index (χ1) is 21.8. The summed E-state index contributed by atoms with van der Waals surface area (Å²) in [6, 6.07) is 51.7. The highest BCUT2D eigenvalue weighted by Gasteiger charge is 2.19. The fourth-order valence-electron chi connectivity index (χ4n) is 6.28. The van der Waals surface area contributed by atoms with Gasteiger partial charge in [-0.1, -0.05) is 109 Å². The van der Waals surface area contributed by atoms with Crippen LogP contribution in [0.3, 0.4) is 0 Å². The van der Waals surface area contributed by atoms with E-state index >= 15 is 0 Å². The summed E-state index contributed by atoms with van der Waals surface area (Å²) in [5, 5.41) is 5.19. The Morgan fingerprint density at radius 1 is 0.364 bits per heavy atom. The predicted molar refractivity (Wildman–Crippen MR) is 190 cm³/mol. The van der Waals surface area contributed by atoms with Crippen LogP contribution in [-0.2, 0) is 0 Å². The number of hydrogen-bond acceptors (Lipinski definition) is 4. The van der Waals surface area contributed by atoms with E-state index in [1.54, 1.807) is 0 Å². The van der Waals surface area contributed by atoms with Crippen LogP contribution >= 0.6 is 22.7 Å². The van der Waals surface area contributed by atoms with Crippen molar-refractivity contribution in [1.29, 1.82) is 0 Å². The lowest BCUT2D eigenvalue weighted by atomic mass is 9.93. The molecule has 3 heterocycles. The smallest absolute Gasteiger partial charge is 0.160 e.